The van der Waals surface area contributed by atoms with Crippen molar-refractivity contribution in [3.05, 3.63) is 95.4 Å². The third-order valence-corrected chi connectivity index (χ3v) is 6.30. The Balaban J connectivity index is 1.89. The number of hydrogen-bond donors (Lipinski definition) is 1. The van der Waals surface area contributed by atoms with Gasteiger partial charge in [-0.1, -0.05) is 47.5 Å². The molecule has 3 aromatic carbocycles. The van der Waals surface area contributed by atoms with Crippen LogP contribution < -0.4 is 14.8 Å². The van der Waals surface area contributed by atoms with E-state index in [1.54, 1.807) is 12.1 Å². The average Bonchev–Trinajstić information content (AvgIpc) is 2.85. The van der Waals surface area contributed by atoms with Crippen molar-refractivity contribution in [1.82, 2.24) is 0 Å². The average molecular weight is 605 g/mol. The van der Waals surface area contributed by atoms with Crippen molar-refractivity contribution >= 4 is 62.5 Å². The number of rotatable bonds is 9. The van der Waals surface area contributed by atoms with Crippen LogP contribution in [0.3, 0.4) is 0 Å². The minimum absolute atomic E-state index is 0.0452. The number of carbonyl (C=O) groups excluding carboxylic acids is 1. The largest absolute Gasteiger partial charge is 0.490 e. The number of nitro groups is 1. The summed E-state index contributed by atoms with van der Waals surface area (Å²) in [6.45, 7) is 4.51. The maximum absolute atomic E-state index is 12.8. The minimum Gasteiger partial charge on any atom is -0.490 e. The fraction of sp³-hybridized carbons (Fsp3) is 0.154. The van der Waals surface area contributed by atoms with Crippen molar-refractivity contribution in [2.45, 2.75) is 20.5 Å². The zero-order valence-corrected chi connectivity index (χ0v) is 22.8. The molecule has 1 N–H and O–H groups in total. The maximum atomic E-state index is 12.8. The number of halogens is 3. The van der Waals surface area contributed by atoms with Crippen LogP contribution in [0.5, 0.6) is 11.5 Å². The number of ether oxygens (including phenoxy) is 2. The second kappa shape index (κ2) is 12.6. The fourth-order valence-electron chi connectivity index (χ4n) is 3.28. The number of aryl methyl sites for hydroxylation is 1. The quantitative estimate of drug-likeness (QED) is 0.117. The van der Waals surface area contributed by atoms with Crippen molar-refractivity contribution < 1.29 is 19.2 Å². The molecule has 1 amide bonds. The minimum atomic E-state index is -0.797. The van der Waals surface area contributed by atoms with Gasteiger partial charge in [0, 0.05) is 12.1 Å². The summed E-state index contributed by atoms with van der Waals surface area (Å²) in [5, 5.41) is 22.8. The van der Waals surface area contributed by atoms with Crippen LogP contribution >= 0.6 is 39.1 Å². The van der Waals surface area contributed by atoms with Crippen LogP contribution in [0, 0.1) is 28.4 Å². The third-order valence-electron chi connectivity index (χ3n) is 5.12. The Kier molecular flexibility index (Phi) is 9.53. The third kappa shape index (κ3) is 7.01. The highest BCUT2D eigenvalue weighted by Crippen LogP contribution is 2.39. The number of non-ortho nitro benzene ring substituents is 1. The van der Waals surface area contributed by atoms with Gasteiger partial charge in [0.05, 0.1) is 31.7 Å². The number of nitrogens with zero attached hydrogens (tertiary/aromatic N) is 2. The number of amides is 1. The van der Waals surface area contributed by atoms with Crippen LogP contribution in [-0.4, -0.2) is 17.4 Å². The van der Waals surface area contributed by atoms with E-state index >= 15 is 0 Å². The van der Waals surface area contributed by atoms with Crippen LogP contribution in [0.2, 0.25) is 10.0 Å². The van der Waals surface area contributed by atoms with E-state index in [0.717, 1.165) is 23.3 Å². The highest BCUT2D eigenvalue weighted by molar-refractivity contribution is 9.10. The smallest absolute Gasteiger partial charge is 0.272 e. The van der Waals surface area contributed by atoms with Crippen LogP contribution in [0.1, 0.15) is 23.6 Å². The van der Waals surface area contributed by atoms with Crippen LogP contribution in [0.15, 0.2) is 58.6 Å². The van der Waals surface area contributed by atoms with Gasteiger partial charge in [0.2, 0.25) is 0 Å². The van der Waals surface area contributed by atoms with E-state index in [-0.39, 0.29) is 27.0 Å². The van der Waals surface area contributed by atoms with Gasteiger partial charge in [-0.25, -0.2) is 0 Å². The van der Waals surface area contributed by atoms with Gasteiger partial charge < -0.3 is 14.8 Å². The number of nitro benzene ring substituents is 1. The summed E-state index contributed by atoms with van der Waals surface area (Å²) in [6.07, 6.45) is 1.36. The van der Waals surface area contributed by atoms with Crippen molar-refractivity contribution in [3.63, 3.8) is 0 Å². The molecule has 8 nitrogen and oxygen atoms in total. The van der Waals surface area contributed by atoms with E-state index in [0.29, 0.717) is 34.7 Å². The first kappa shape index (κ1) is 28.0. The molecule has 0 aliphatic carbocycles. The Morgan fingerprint density at radius 3 is 2.46 bits per heavy atom. The first-order valence-corrected chi connectivity index (χ1v) is 12.4. The van der Waals surface area contributed by atoms with Gasteiger partial charge in [0.25, 0.3) is 11.6 Å². The molecule has 0 spiro atoms. The van der Waals surface area contributed by atoms with E-state index < -0.39 is 10.8 Å². The number of benzene rings is 3. The summed E-state index contributed by atoms with van der Waals surface area (Å²) < 4.78 is 12.4. The second-order valence-corrected chi connectivity index (χ2v) is 9.31. The molecule has 0 saturated heterocycles. The molecule has 0 unspecified atom stereocenters. The summed E-state index contributed by atoms with van der Waals surface area (Å²) >= 11 is 15.6. The van der Waals surface area contributed by atoms with Crippen molar-refractivity contribution in [3.8, 4) is 17.6 Å². The van der Waals surface area contributed by atoms with Crippen LogP contribution in [0.4, 0.5) is 11.4 Å². The van der Waals surface area contributed by atoms with Gasteiger partial charge in [-0.15, -0.1) is 0 Å². The number of nitriles is 1. The summed E-state index contributed by atoms with van der Waals surface area (Å²) in [5.74, 6) is 0.111. The Hall–Kier alpha value is -3.58. The molecule has 3 aromatic rings. The molecule has 0 heterocycles. The lowest BCUT2D eigenvalue weighted by Crippen LogP contribution is -2.14. The summed E-state index contributed by atoms with van der Waals surface area (Å²) in [5.41, 5.74) is 1.97. The van der Waals surface area contributed by atoms with E-state index in [2.05, 4.69) is 21.2 Å². The molecule has 11 heteroatoms. The first-order chi connectivity index (χ1) is 17.6. The molecule has 37 heavy (non-hydrogen) atoms. The van der Waals surface area contributed by atoms with Crippen LogP contribution in [-0.2, 0) is 11.4 Å². The predicted molar refractivity (Wildman–Crippen MR) is 146 cm³/mol. The highest BCUT2D eigenvalue weighted by atomic mass is 79.9. The van der Waals surface area contributed by atoms with Crippen molar-refractivity contribution in [1.29, 1.82) is 5.26 Å². The van der Waals surface area contributed by atoms with Gasteiger partial charge in [0.15, 0.2) is 11.5 Å². The van der Waals surface area contributed by atoms with Gasteiger partial charge in [0.1, 0.15) is 18.2 Å². The van der Waals surface area contributed by atoms with E-state index in [1.807, 2.05) is 44.2 Å². The number of anilines is 1. The Morgan fingerprint density at radius 1 is 1.19 bits per heavy atom. The second-order valence-electron chi connectivity index (χ2n) is 7.64. The van der Waals surface area contributed by atoms with Gasteiger partial charge in [-0.05, 0) is 64.7 Å². The Labute approximate surface area is 231 Å². The molecule has 190 valence electrons. The highest BCUT2D eigenvalue weighted by Gasteiger charge is 2.19. The maximum Gasteiger partial charge on any atom is 0.272 e. The van der Waals surface area contributed by atoms with Gasteiger partial charge in [-0.2, -0.15) is 5.26 Å². The first-order valence-electron chi connectivity index (χ1n) is 10.8. The summed E-state index contributed by atoms with van der Waals surface area (Å²) in [4.78, 5) is 23.1. The molecule has 0 fully saturated rings. The van der Waals surface area contributed by atoms with Crippen molar-refractivity contribution in [2.24, 2.45) is 0 Å². The van der Waals surface area contributed by atoms with E-state index in [9.17, 15) is 20.2 Å². The molecule has 0 aliphatic heterocycles. The Bertz CT molecular complexity index is 1410. The molecule has 0 aliphatic rings. The lowest BCUT2D eigenvalue weighted by molar-refractivity contribution is -0.384. The Morgan fingerprint density at radius 2 is 1.86 bits per heavy atom. The molecule has 0 radical (unpaired) electrons. The lowest BCUT2D eigenvalue weighted by atomic mass is 10.1. The molecule has 0 bridgehead atoms. The number of carbonyl (C=O) groups is 1. The molecule has 0 atom stereocenters. The van der Waals surface area contributed by atoms with Gasteiger partial charge in [-0.3, -0.25) is 14.9 Å². The van der Waals surface area contributed by atoms with E-state index in [1.165, 1.54) is 6.08 Å². The zero-order valence-electron chi connectivity index (χ0n) is 19.7. The lowest BCUT2D eigenvalue weighted by Gasteiger charge is -2.16. The van der Waals surface area contributed by atoms with E-state index in [4.69, 9.17) is 32.7 Å². The zero-order chi connectivity index (χ0) is 27.1. The molecular formula is C26H20BrCl2N3O5. The molecule has 0 aromatic heterocycles. The molecule has 0 saturated carbocycles. The molecule has 3 rings (SSSR count). The predicted octanol–water partition coefficient (Wildman–Crippen LogP) is 7.50. The monoisotopic (exact) mass is 603 g/mol. The van der Waals surface area contributed by atoms with Crippen molar-refractivity contribution in [2.75, 3.05) is 11.9 Å². The van der Waals surface area contributed by atoms with Crippen LogP contribution in [0.25, 0.3) is 6.08 Å². The molecular weight excluding hydrogens is 585 g/mol. The fourth-order valence-corrected chi connectivity index (χ4v) is 4.42. The van der Waals surface area contributed by atoms with Gasteiger partial charge >= 0.3 is 0 Å². The topological polar surface area (TPSA) is 114 Å². The summed E-state index contributed by atoms with van der Waals surface area (Å²) in [6, 6.07) is 15.2. The summed E-state index contributed by atoms with van der Waals surface area (Å²) in [7, 11) is 0. The standard InChI is InChI=1S/C26H20BrCl2N3O5/c1-3-36-23-10-16(9-20(27)25(23)37-14-17-7-5-4-6-15(17)2)8-18(13-30)26(33)31-24-21(28)11-19(32(34)35)12-22(24)29/h4-12H,3,14H2,1-2H3,(H,31,33)/b18-8+. The number of nitrogens with one attached hydrogen (secondary N) is 1. The SMILES string of the molecule is CCOc1cc(/C=C(\C#N)C(=O)Nc2c(Cl)cc([N+](=O)[O-])cc2Cl)cc(Br)c1OCc1ccccc1C. The normalized spacial score (nSPS) is 11.0. The number of hydrogen-bond acceptors (Lipinski definition) is 6.